The minimum atomic E-state index is -0.499. The van der Waals surface area contributed by atoms with Crippen LogP contribution in [-0.2, 0) is 0 Å². The van der Waals surface area contributed by atoms with Crippen molar-refractivity contribution in [3.8, 4) is 22.6 Å². The third-order valence-corrected chi connectivity index (χ3v) is 3.26. The number of benzene rings is 2. The first-order valence-electron chi connectivity index (χ1n) is 6.12. The van der Waals surface area contributed by atoms with Crippen molar-refractivity contribution in [3.05, 3.63) is 58.4 Å². The number of aromatic hydroxyl groups is 2. The molecule has 3 aromatic rings. The maximum Gasteiger partial charge on any atom is 0.336 e. The Hall–Kier alpha value is -2.75. The molecule has 0 aliphatic heterocycles. The summed E-state index contributed by atoms with van der Waals surface area (Å²) in [5, 5.41) is 20.4. The average molecular weight is 268 g/mol. The Kier molecular flexibility index (Phi) is 2.71. The van der Waals surface area contributed by atoms with E-state index in [1.165, 1.54) is 12.1 Å². The molecule has 0 aliphatic carbocycles. The number of hydrogen-bond acceptors (Lipinski definition) is 4. The van der Waals surface area contributed by atoms with Crippen molar-refractivity contribution in [2.45, 2.75) is 6.92 Å². The van der Waals surface area contributed by atoms with Gasteiger partial charge in [-0.2, -0.15) is 0 Å². The van der Waals surface area contributed by atoms with Crippen LogP contribution in [0, 0.1) is 6.92 Å². The van der Waals surface area contributed by atoms with Crippen molar-refractivity contribution in [1.82, 2.24) is 0 Å². The van der Waals surface area contributed by atoms with Crippen molar-refractivity contribution in [2.75, 3.05) is 0 Å². The molecule has 0 fully saturated rings. The Bertz CT molecular complexity index is 848. The van der Waals surface area contributed by atoms with Crippen molar-refractivity contribution in [1.29, 1.82) is 0 Å². The summed E-state index contributed by atoms with van der Waals surface area (Å²) < 4.78 is 5.11. The fourth-order valence-corrected chi connectivity index (χ4v) is 2.27. The molecular formula is C16H12O4. The molecule has 0 bridgehead atoms. The van der Waals surface area contributed by atoms with Crippen molar-refractivity contribution >= 4 is 11.0 Å². The van der Waals surface area contributed by atoms with Crippen LogP contribution in [-0.4, -0.2) is 10.2 Å². The van der Waals surface area contributed by atoms with E-state index in [1.54, 1.807) is 6.92 Å². The summed E-state index contributed by atoms with van der Waals surface area (Å²) in [7, 11) is 0. The Morgan fingerprint density at radius 2 is 1.70 bits per heavy atom. The first kappa shape index (κ1) is 12.3. The summed E-state index contributed by atoms with van der Waals surface area (Å²) in [5.41, 5.74) is 1.50. The van der Waals surface area contributed by atoms with E-state index in [2.05, 4.69) is 0 Å². The van der Waals surface area contributed by atoms with Crippen molar-refractivity contribution in [2.24, 2.45) is 0 Å². The average Bonchev–Trinajstić information content (AvgIpc) is 2.45. The Morgan fingerprint density at radius 1 is 1.00 bits per heavy atom. The fourth-order valence-electron chi connectivity index (χ4n) is 2.27. The summed E-state index contributed by atoms with van der Waals surface area (Å²) >= 11 is 0. The molecule has 0 spiro atoms. The van der Waals surface area contributed by atoms with Gasteiger partial charge in [-0.25, -0.2) is 4.79 Å². The molecule has 20 heavy (non-hydrogen) atoms. The second-order valence-corrected chi connectivity index (χ2v) is 4.61. The molecule has 2 N–H and O–H groups in total. The first-order valence-corrected chi connectivity index (χ1v) is 6.12. The summed E-state index contributed by atoms with van der Waals surface area (Å²) in [6.07, 6.45) is 0. The highest BCUT2D eigenvalue weighted by Crippen LogP contribution is 2.41. The third-order valence-electron chi connectivity index (χ3n) is 3.26. The lowest BCUT2D eigenvalue weighted by Gasteiger charge is -2.10. The van der Waals surface area contributed by atoms with Crippen LogP contribution < -0.4 is 5.63 Å². The van der Waals surface area contributed by atoms with E-state index in [1.807, 2.05) is 30.3 Å². The number of rotatable bonds is 1. The molecule has 0 saturated carbocycles. The summed E-state index contributed by atoms with van der Waals surface area (Å²) in [6, 6.07) is 12.0. The van der Waals surface area contributed by atoms with Gasteiger partial charge in [0.05, 0.1) is 5.39 Å². The quantitative estimate of drug-likeness (QED) is 0.525. The van der Waals surface area contributed by atoms with Gasteiger partial charge in [-0.05, 0) is 24.1 Å². The van der Waals surface area contributed by atoms with Gasteiger partial charge in [-0.15, -0.1) is 0 Å². The predicted molar refractivity (Wildman–Crippen MR) is 76.0 cm³/mol. The summed E-state index contributed by atoms with van der Waals surface area (Å²) in [4.78, 5) is 11.7. The van der Waals surface area contributed by atoms with Crippen molar-refractivity contribution < 1.29 is 14.6 Å². The number of phenols is 2. The van der Waals surface area contributed by atoms with Gasteiger partial charge in [-0.3, -0.25) is 0 Å². The zero-order chi connectivity index (χ0) is 14.3. The lowest BCUT2D eigenvalue weighted by molar-refractivity contribution is 0.404. The second kappa shape index (κ2) is 4.42. The van der Waals surface area contributed by atoms with Crippen LogP contribution in [0.3, 0.4) is 0 Å². The number of phenolic OH excluding ortho intramolecular Hbond substituents is 2. The maximum absolute atomic E-state index is 11.7. The minimum Gasteiger partial charge on any atom is -0.504 e. The monoisotopic (exact) mass is 268 g/mol. The second-order valence-electron chi connectivity index (χ2n) is 4.61. The molecule has 1 heterocycles. The minimum absolute atomic E-state index is 0.205. The largest absolute Gasteiger partial charge is 0.504 e. The van der Waals surface area contributed by atoms with Gasteiger partial charge in [0.2, 0.25) is 0 Å². The van der Waals surface area contributed by atoms with Crippen LogP contribution in [0.2, 0.25) is 0 Å². The number of aryl methyl sites for hydroxylation is 1. The molecule has 0 aliphatic rings. The van der Waals surface area contributed by atoms with E-state index in [9.17, 15) is 15.0 Å². The molecule has 0 radical (unpaired) electrons. The molecule has 3 rings (SSSR count). The summed E-state index contributed by atoms with van der Waals surface area (Å²) in [5.74, 6) is -0.480. The van der Waals surface area contributed by atoms with Gasteiger partial charge in [0.1, 0.15) is 5.58 Å². The third kappa shape index (κ3) is 1.82. The van der Waals surface area contributed by atoms with Crippen LogP contribution in [0.15, 0.2) is 51.7 Å². The van der Waals surface area contributed by atoms with E-state index in [0.717, 1.165) is 5.56 Å². The van der Waals surface area contributed by atoms with Crippen LogP contribution in [0.5, 0.6) is 11.5 Å². The maximum atomic E-state index is 11.7. The molecule has 0 amide bonds. The van der Waals surface area contributed by atoms with E-state index >= 15 is 0 Å². The normalized spacial score (nSPS) is 10.8. The van der Waals surface area contributed by atoms with E-state index in [4.69, 9.17) is 4.42 Å². The number of fused-ring (bicyclic) bond motifs is 1. The lowest BCUT2D eigenvalue weighted by atomic mass is 10.00. The fraction of sp³-hybridized carbons (Fsp3) is 0.0625. The van der Waals surface area contributed by atoms with E-state index < -0.39 is 5.63 Å². The van der Waals surface area contributed by atoms with Crippen LogP contribution >= 0.6 is 0 Å². The van der Waals surface area contributed by atoms with Gasteiger partial charge in [-0.1, -0.05) is 30.3 Å². The molecule has 0 atom stereocenters. The van der Waals surface area contributed by atoms with E-state index in [-0.39, 0.29) is 17.1 Å². The van der Waals surface area contributed by atoms with Crippen LogP contribution in [0.25, 0.3) is 22.1 Å². The molecule has 2 aromatic carbocycles. The molecular weight excluding hydrogens is 256 g/mol. The van der Waals surface area contributed by atoms with Gasteiger partial charge in [0.15, 0.2) is 11.5 Å². The zero-order valence-electron chi connectivity index (χ0n) is 10.8. The Morgan fingerprint density at radius 3 is 2.40 bits per heavy atom. The number of hydrogen-bond donors (Lipinski definition) is 2. The Balaban J connectivity index is 2.49. The first-order chi connectivity index (χ1) is 9.58. The van der Waals surface area contributed by atoms with E-state index in [0.29, 0.717) is 16.5 Å². The highest BCUT2D eigenvalue weighted by Gasteiger charge is 2.16. The smallest absolute Gasteiger partial charge is 0.336 e. The molecule has 0 saturated heterocycles. The standard InChI is InChI=1S/C16H12O4/c1-9-7-12-14(16(19)15(9)18)11(8-13(17)20-12)10-5-3-2-4-6-10/h2-8,18-19H,1H3. The predicted octanol–water partition coefficient (Wildman–Crippen LogP) is 3.18. The molecule has 100 valence electrons. The van der Waals surface area contributed by atoms with Gasteiger partial charge >= 0.3 is 5.63 Å². The SMILES string of the molecule is Cc1cc2oc(=O)cc(-c3ccccc3)c2c(O)c1O. The zero-order valence-corrected chi connectivity index (χ0v) is 10.8. The highest BCUT2D eigenvalue weighted by molar-refractivity contribution is 5.99. The van der Waals surface area contributed by atoms with Gasteiger partial charge < -0.3 is 14.6 Å². The Labute approximate surface area is 114 Å². The lowest BCUT2D eigenvalue weighted by Crippen LogP contribution is -1.98. The van der Waals surface area contributed by atoms with Gasteiger partial charge in [0, 0.05) is 11.6 Å². The molecule has 4 heteroatoms. The topological polar surface area (TPSA) is 70.7 Å². The molecule has 0 unspecified atom stereocenters. The van der Waals surface area contributed by atoms with Gasteiger partial charge in [0.25, 0.3) is 0 Å². The molecule has 1 aromatic heterocycles. The molecule has 4 nitrogen and oxygen atoms in total. The van der Waals surface area contributed by atoms with Crippen LogP contribution in [0.4, 0.5) is 0 Å². The van der Waals surface area contributed by atoms with Crippen LogP contribution in [0.1, 0.15) is 5.56 Å². The summed E-state index contributed by atoms with van der Waals surface area (Å²) in [6.45, 7) is 1.63. The van der Waals surface area contributed by atoms with Crippen molar-refractivity contribution in [3.63, 3.8) is 0 Å². The highest BCUT2D eigenvalue weighted by atomic mass is 16.4.